The highest BCUT2D eigenvalue weighted by atomic mass is 16.5. The van der Waals surface area contributed by atoms with Crippen molar-refractivity contribution in [2.24, 2.45) is 0 Å². The Morgan fingerprint density at radius 2 is 2.00 bits per heavy atom. The van der Waals surface area contributed by atoms with Crippen LogP contribution in [0.3, 0.4) is 0 Å². The Morgan fingerprint density at radius 3 is 2.86 bits per heavy atom. The molecule has 0 saturated carbocycles. The number of nitrogens with zero attached hydrogens (tertiary/aromatic N) is 5. The van der Waals surface area contributed by atoms with Crippen LogP contribution in [-0.2, 0) is 6.61 Å². The van der Waals surface area contributed by atoms with Crippen LogP contribution in [0.1, 0.15) is 5.82 Å². The van der Waals surface area contributed by atoms with Crippen molar-refractivity contribution in [2.45, 2.75) is 6.61 Å². The number of hydrogen-bond acceptors (Lipinski definition) is 6. The molecule has 0 saturated heterocycles. The fraction of sp³-hybridized carbons (Fsp3) is 0.0769. The van der Waals surface area contributed by atoms with Crippen molar-refractivity contribution < 1.29 is 4.74 Å². The molecule has 0 unspecified atom stereocenters. The molecule has 0 aliphatic heterocycles. The number of nitrogens with two attached hydrogens (primary N) is 1. The quantitative estimate of drug-likeness (QED) is 0.546. The minimum absolute atomic E-state index is 0.284. The molecule has 3 aromatic heterocycles. The third-order valence-corrected chi connectivity index (χ3v) is 3.15. The topological polar surface area (TPSA) is 107 Å². The van der Waals surface area contributed by atoms with Crippen LogP contribution in [0, 0.1) is 0 Å². The van der Waals surface area contributed by atoms with Gasteiger partial charge in [-0.05, 0) is 24.3 Å². The maximum atomic E-state index is 5.67. The zero-order valence-electron chi connectivity index (χ0n) is 10.9. The van der Waals surface area contributed by atoms with Gasteiger partial charge < -0.3 is 15.5 Å². The van der Waals surface area contributed by atoms with Crippen molar-refractivity contribution in [1.82, 2.24) is 29.5 Å². The lowest BCUT2D eigenvalue weighted by Crippen LogP contribution is -2.02. The first kappa shape index (κ1) is 11.6. The summed E-state index contributed by atoms with van der Waals surface area (Å²) in [5.41, 5.74) is 8.37. The molecule has 1 aromatic carbocycles. The lowest BCUT2D eigenvalue weighted by molar-refractivity contribution is 0.294. The molecule has 8 heteroatoms. The highest BCUT2D eigenvalue weighted by molar-refractivity contribution is 5.84. The Labute approximate surface area is 118 Å². The molecule has 0 radical (unpaired) electrons. The molecule has 0 aliphatic carbocycles. The maximum Gasteiger partial charge on any atom is 0.189 e. The SMILES string of the molecule is Nc1ccc(OCc2nnc3c4[nH]cnc4ncn23)cc1. The van der Waals surface area contributed by atoms with Crippen molar-refractivity contribution in [3.63, 3.8) is 0 Å². The molecule has 4 rings (SSSR count). The van der Waals surface area contributed by atoms with Gasteiger partial charge in [-0.2, -0.15) is 0 Å². The molecule has 0 fully saturated rings. The van der Waals surface area contributed by atoms with Gasteiger partial charge in [0.1, 0.15) is 24.2 Å². The molecular formula is C13H11N7O. The average molecular weight is 281 g/mol. The number of imidazole rings is 1. The Morgan fingerprint density at radius 1 is 1.14 bits per heavy atom. The summed E-state index contributed by atoms with van der Waals surface area (Å²) in [6, 6.07) is 7.19. The summed E-state index contributed by atoms with van der Waals surface area (Å²) in [7, 11) is 0. The fourth-order valence-corrected chi connectivity index (χ4v) is 2.09. The smallest absolute Gasteiger partial charge is 0.189 e. The first-order valence-electron chi connectivity index (χ1n) is 6.31. The monoisotopic (exact) mass is 281 g/mol. The van der Waals surface area contributed by atoms with Crippen LogP contribution in [-0.4, -0.2) is 29.5 Å². The summed E-state index contributed by atoms with van der Waals surface area (Å²) in [5, 5.41) is 8.28. The van der Waals surface area contributed by atoms with Gasteiger partial charge in [0, 0.05) is 5.69 Å². The number of anilines is 1. The second-order valence-electron chi connectivity index (χ2n) is 4.51. The van der Waals surface area contributed by atoms with E-state index in [4.69, 9.17) is 10.5 Å². The first-order chi connectivity index (χ1) is 10.3. The maximum absolute atomic E-state index is 5.67. The predicted octanol–water partition coefficient (Wildman–Crippen LogP) is 1.16. The third-order valence-electron chi connectivity index (χ3n) is 3.15. The Hall–Kier alpha value is -3.16. The summed E-state index contributed by atoms with van der Waals surface area (Å²) in [6.45, 7) is 0.284. The number of rotatable bonds is 3. The molecule has 0 atom stereocenters. The largest absolute Gasteiger partial charge is 0.486 e. The van der Waals surface area contributed by atoms with Gasteiger partial charge in [0.2, 0.25) is 0 Å². The van der Waals surface area contributed by atoms with Crippen molar-refractivity contribution in [2.75, 3.05) is 5.73 Å². The Kier molecular flexibility index (Phi) is 2.46. The molecule has 0 bridgehead atoms. The number of benzene rings is 1. The second kappa shape index (κ2) is 4.44. The van der Waals surface area contributed by atoms with Gasteiger partial charge in [-0.1, -0.05) is 0 Å². The summed E-state index contributed by atoms with van der Waals surface area (Å²) >= 11 is 0. The molecule has 3 N–H and O–H groups in total. The summed E-state index contributed by atoms with van der Waals surface area (Å²) in [6.07, 6.45) is 3.22. The van der Waals surface area contributed by atoms with E-state index in [2.05, 4.69) is 25.1 Å². The van der Waals surface area contributed by atoms with E-state index in [-0.39, 0.29) is 6.61 Å². The predicted molar refractivity (Wildman–Crippen MR) is 75.6 cm³/mol. The van der Waals surface area contributed by atoms with Gasteiger partial charge in [0.15, 0.2) is 17.1 Å². The Bertz CT molecular complexity index is 909. The highest BCUT2D eigenvalue weighted by Crippen LogP contribution is 2.16. The number of hydrogen-bond donors (Lipinski definition) is 2. The lowest BCUT2D eigenvalue weighted by Gasteiger charge is -2.05. The number of nitrogen functional groups attached to an aromatic ring is 1. The molecule has 8 nitrogen and oxygen atoms in total. The summed E-state index contributed by atoms with van der Waals surface area (Å²) in [4.78, 5) is 11.3. The van der Waals surface area contributed by atoms with Crippen LogP contribution in [0.5, 0.6) is 5.75 Å². The van der Waals surface area contributed by atoms with E-state index in [9.17, 15) is 0 Å². The molecule has 4 aromatic rings. The summed E-state index contributed by atoms with van der Waals surface area (Å²) in [5.74, 6) is 1.38. The number of fused-ring (bicyclic) bond motifs is 3. The average Bonchev–Trinajstić information content (AvgIpc) is 3.12. The van der Waals surface area contributed by atoms with Gasteiger partial charge in [-0.15, -0.1) is 10.2 Å². The Balaban J connectivity index is 1.66. The molecule has 21 heavy (non-hydrogen) atoms. The van der Waals surface area contributed by atoms with E-state index < -0.39 is 0 Å². The van der Waals surface area contributed by atoms with E-state index in [1.54, 1.807) is 29.2 Å². The van der Waals surface area contributed by atoms with E-state index in [0.717, 1.165) is 11.3 Å². The number of aromatic nitrogens is 6. The zero-order chi connectivity index (χ0) is 14.2. The van der Waals surface area contributed by atoms with Crippen molar-refractivity contribution in [3.05, 3.63) is 42.7 Å². The van der Waals surface area contributed by atoms with Gasteiger partial charge in [-0.3, -0.25) is 4.40 Å². The van der Waals surface area contributed by atoms with Crippen LogP contribution in [0.15, 0.2) is 36.9 Å². The molecule has 0 aliphatic rings. The molecule has 3 heterocycles. The first-order valence-corrected chi connectivity index (χ1v) is 6.31. The molecule has 104 valence electrons. The minimum atomic E-state index is 0.284. The second-order valence-corrected chi connectivity index (χ2v) is 4.51. The highest BCUT2D eigenvalue weighted by Gasteiger charge is 2.11. The fourth-order valence-electron chi connectivity index (χ4n) is 2.09. The lowest BCUT2D eigenvalue weighted by atomic mass is 10.3. The van der Waals surface area contributed by atoms with Gasteiger partial charge in [-0.25, -0.2) is 9.97 Å². The number of aromatic amines is 1. The van der Waals surface area contributed by atoms with Crippen LogP contribution < -0.4 is 10.5 Å². The molecular weight excluding hydrogens is 270 g/mol. The zero-order valence-corrected chi connectivity index (χ0v) is 10.9. The summed E-state index contributed by atoms with van der Waals surface area (Å²) < 4.78 is 7.45. The van der Waals surface area contributed by atoms with Crippen LogP contribution in [0.25, 0.3) is 16.8 Å². The van der Waals surface area contributed by atoms with E-state index in [0.29, 0.717) is 22.8 Å². The van der Waals surface area contributed by atoms with Crippen molar-refractivity contribution >= 4 is 22.5 Å². The number of H-pyrrole nitrogens is 1. The van der Waals surface area contributed by atoms with Crippen LogP contribution >= 0.6 is 0 Å². The van der Waals surface area contributed by atoms with Gasteiger partial charge in [0.25, 0.3) is 0 Å². The van der Waals surface area contributed by atoms with Gasteiger partial charge in [0.05, 0.1) is 6.33 Å². The van der Waals surface area contributed by atoms with Crippen LogP contribution in [0.4, 0.5) is 5.69 Å². The van der Waals surface area contributed by atoms with E-state index >= 15 is 0 Å². The third kappa shape index (κ3) is 1.93. The van der Waals surface area contributed by atoms with E-state index in [1.165, 1.54) is 0 Å². The molecule has 0 amide bonds. The number of ether oxygens (including phenoxy) is 1. The number of nitrogens with one attached hydrogen (secondary N) is 1. The normalized spacial score (nSPS) is 11.2. The minimum Gasteiger partial charge on any atom is -0.486 e. The standard InChI is InChI=1S/C13H11N7O/c14-8-1-3-9(4-2-8)21-5-10-18-19-13-11-12(16-6-15-11)17-7-20(10)13/h1-4,6-7H,5,14H2,(H,15,16). The molecule has 0 spiro atoms. The van der Waals surface area contributed by atoms with Crippen molar-refractivity contribution in [1.29, 1.82) is 0 Å². The van der Waals surface area contributed by atoms with E-state index in [1.807, 2.05) is 12.1 Å². The van der Waals surface area contributed by atoms with Crippen LogP contribution in [0.2, 0.25) is 0 Å². The van der Waals surface area contributed by atoms with Gasteiger partial charge >= 0.3 is 0 Å². The van der Waals surface area contributed by atoms with Crippen molar-refractivity contribution in [3.8, 4) is 5.75 Å².